The first-order chi connectivity index (χ1) is 5.54. The smallest absolute Gasteiger partial charge is 0.0428 e. The molecule has 0 aliphatic carbocycles. The van der Waals surface area contributed by atoms with Crippen molar-refractivity contribution in [3.8, 4) is 0 Å². The van der Waals surface area contributed by atoms with E-state index in [1.54, 1.807) is 11.8 Å². The third-order valence-corrected chi connectivity index (χ3v) is 2.64. The molecule has 0 saturated heterocycles. The summed E-state index contributed by atoms with van der Waals surface area (Å²) in [6.07, 6.45) is 3.91. The van der Waals surface area contributed by atoms with Gasteiger partial charge in [0.1, 0.15) is 0 Å². The van der Waals surface area contributed by atoms with Gasteiger partial charge in [0.05, 0.1) is 0 Å². The first-order valence-corrected chi connectivity index (χ1v) is 5.01. The predicted molar refractivity (Wildman–Crippen MR) is 59.2 cm³/mol. The number of thioether (sulfide) groups is 1. The highest BCUT2D eigenvalue weighted by molar-refractivity contribution is 8.02. The standard InChI is InChI=1S/C10H17NS/c1-7-8(2)10(12-6)9(3)11(4)5/h7H,1,3H2,2,4-6H3/b10-8+. The van der Waals surface area contributed by atoms with E-state index in [1.165, 1.54) is 10.5 Å². The Morgan fingerprint density at radius 1 is 1.42 bits per heavy atom. The van der Waals surface area contributed by atoms with Crippen LogP contribution in [0, 0.1) is 0 Å². The van der Waals surface area contributed by atoms with E-state index < -0.39 is 0 Å². The average molecular weight is 183 g/mol. The normalized spacial score (nSPS) is 12.0. The van der Waals surface area contributed by atoms with Crippen LogP contribution in [0.2, 0.25) is 0 Å². The van der Waals surface area contributed by atoms with Gasteiger partial charge in [-0.3, -0.25) is 0 Å². The van der Waals surface area contributed by atoms with Gasteiger partial charge in [-0.25, -0.2) is 0 Å². The quantitative estimate of drug-likeness (QED) is 0.617. The van der Waals surface area contributed by atoms with E-state index in [0.717, 1.165) is 5.70 Å². The second kappa shape index (κ2) is 5.09. The van der Waals surface area contributed by atoms with Crippen molar-refractivity contribution in [1.82, 2.24) is 4.90 Å². The highest BCUT2D eigenvalue weighted by Gasteiger charge is 2.05. The average Bonchev–Trinajstić information content (AvgIpc) is 2.05. The summed E-state index contributed by atoms with van der Waals surface area (Å²) in [6, 6.07) is 0. The molecule has 12 heavy (non-hydrogen) atoms. The summed E-state index contributed by atoms with van der Waals surface area (Å²) in [6.45, 7) is 9.78. The van der Waals surface area contributed by atoms with Gasteiger partial charge in [0, 0.05) is 24.7 Å². The minimum Gasteiger partial charge on any atom is -0.377 e. The van der Waals surface area contributed by atoms with Gasteiger partial charge in [-0.2, -0.15) is 0 Å². The van der Waals surface area contributed by atoms with Gasteiger partial charge in [-0.15, -0.1) is 11.8 Å². The lowest BCUT2D eigenvalue weighted by molar-refractivity contribution is 0.529. The minimum atomic E-state index is 1.04. The lowest BCUT2D eigenvalue weighted by Gasteiger charge is -2.18. The van der Waals surface area contributed by atoms with Crippen molar-refractivity contribution < 1.29 is 0 Å². The van der Waals surface area contributed by atoms with E-state index >= 15 is 0 Å². The summed E-state index contributed by atoms with van der Waals surface area (Å²) in [5.74, 6) is 0. The van der Waals surface area contributed by atoms with Crippen LogP contribution in [0.1, 0.15) is 6.92 Å². The molecule has 0 rings (SSSR count). The maximum atomic E-state index is 3.99. The van der Waals surface area contributed by atoms with Crippen molar-refractivity contribution in [2.24, 2.45) is 0 Å². The summed E-state index contributed by atoms with van der Waals surface area (Å²) in [5.41, 5.74) is 2.22. The fourth-order valence-corrected chi connectivity index (χ4v) is 1.63. The van der Waals surface area contributed by atoms with E-state index in [9.17, 15) is 0 Å². The molecule has 1 nitrogen and oxygen atoms in total. The van der Waals surface area contributed by atoms with Crippen molar-refractivity contribution >= 4 is 11.8 Å². The molecule has 2 heteroatoms. The highest BCUT2D eigenvalue weighted by atomic mass is 32.2. The van der Waals surface area contributed by atoms with Crippen LogP contribution < -0.4 is 0 Å². The zero-order valence-electron chi connectivity index (χ0n) is 8.35. The van der Waals surface area contributed by atoms with Crippen LogP contribution in [0.15, 0.2) is 35.4 Å². The van der Waals surface area contributed by atoms with Gasteiger partial charge in [0.25, 0.3) is 0 Å². The molecular formula is C10H17NS. The van der Waals surface area contributed by atoms with Crippen molar-refractivity contribution in [2.45, 2.75) is 6.92 Å². The zero-order chi connectivity index (χ0) is 9.72. The Hall–Kier alpha value is -0.630. The third-order valence-electron chi connectivity index (χ3n) is 1.67. The van der Waals surface area contributed by atoms with Crippen LogP contribution in [0.3, 0.4) is 0 Å². The molecule has 0 spiro atoms. The molecule has 0 aromatic heterocycles. The van der Waals surface area contributed by atoms with Gasteiger partial charge >= 0.3 is 0 Å². The molecule has 0 radical (unpaired) electrons. The van der Waals surface area contributed by atoms with Crippen LogP contribution in [-0.4, -0.2) is 25.3 Å². The molecule has 0 aromatic rings. The Morgan fingerprint density at radius 2 is 1.92 bits per heavy atom. The van der Waals surface area contributed by atoms with Gasteiger partial charge in [0.15, 0.2) is 0 Å². The maximum absolute atomic E-state index is 3.99. The van der Waals surface area contributed by atoms with Gasteiger partial charge in [-0.1, -0.05) is 19.2 Å². The Bertz CT molecular complexity index is 214. The molecule has 0 aromatic carbocycles. The van der Waals surface area contributed by atoms with Crippen LogP contribution in [-0.2, 0) is 0 Å². The molecule has 0 unspecified atom stereocenters. The summed E-state index contributed by atoms with van der Waals surface area (Å²) < 4.78 is 0. The fourth-order valence-electron chi connectivity index (χ4n) is 0.802. The number of hydrogen-bond donors (Lipinski definition) is 0. The Morgan fingerprint density at radius 3 is 2.17 bits per heavy atom. The highest BCUT2D eigenvalue weighted by Crippen LogP contribution is 2.25. The monoisotopic (exact) mass is 183 g/mol. The van der Waals surface area contributed by atoms with Gasteiger partial charge < -0.3 is 4.90 Å². The topological polar surface area (TPSA) is 3.24 Å². The number of allylic oxidation sites excluding steroid dienone is 2. The van der Waals surface area contributed by atoms with Crippen molar-refractivity contribution in [3.63, 3.8) is 0 Å². The summed E-state index contributed by atoms with van der Waals surface area (Å²) in [4.78, 5) is 3.22. The Balaban J connectivity index is 4.79. The van der Waals surface area contributed by atoms with E-state index in [4.69, 9.17) is 0 Å². The van der Waals surface area contributed by atoms with Crippen molar-refractivity contribution in [1.29, 1.82) is 0 Å². The molecule has 0 atom stereocenters. The molecule has 0 fully saturated rings. The largest absolute Gasteiger partial charge is 0.377 e. The minimum absolute atomic E-state index is 1.04. The molecule has 0 amide bonds. The molecule has 0 saturated carbocycles. The number of rotatable bonds is 4. The lowest BCUT2D eigenvalue weighted by Crippen LogP contribution is -2.11. The SMILES string of the molecule is C=C/C(C)=C(/SC)C(=C)N(C)C. The van der Waals surface area contributed by atoms with Crippen molar-refractivity contribution in [2.75, 3.05) is 20.4 Å². The first kappa shape index (κ1) is 11.4. The lowest BCUT2D eigenvalue weighted by atomic mass is 10.2. The second-order valence-corrected chi connectivity index (χ2v) is 3.58. The van der Waals surface area contributed by atoms with E-state index in [2.05, 4.69) is 19.4 Å². The third kappa shape index (κ3) is 2.78. The van der Waals surface area contributed by atoms with Crippen molar-refractivity contribution in [3.05, 3.63) is 35.4 Å². The number of likely N-dealkylation sites (N-methyl/N-ethyl adjacent to an activating group) is 1. The number of nitrogens with zero attached hydrogens (tertiary/aromatic N) is 1. The summed E-state index contributed by atoms with van der Waals surface area (Å²) in [5, 5.41) is 0. The van der Waals surface area contributed by atoms with Crippen LogP contribution >= 0.6 is 11.8 Å². The Kier molecular flexibility index (Phi) is 4.83. The molecular weight excluding hydrogens is 166 g/mol. The number of hydrogen-bond acceptors (Lipinski definition) is 2. The van der Waals surface area contributed by atoms with Crippen LogP contribution in [0.5, 0.6) is 0 Å². The van der Waals surface area contributed by atoms with E-state index in [0.29, 0.717) is 0 Å². The summed E-state index contributed by atoms with van der Waals surface area (Å²) >= 11 is 1.71. The molecule has 0 heterocycles. The molecule has 68 valence electrons. The van der Waals surface area contributed by atoms with Gasteiger partial charge in [-0.05, 0) is 18.8 Å². The van der Waals surface area contributed by atoms with Crippen LogP contribution in [0.4, 0.5) is 0 Å². The molecule has 0 bridgehead atoms. The van der Waals surface area contributed by atoms with Crippen LogP contribution in [0.25, 0.3) is 0 Å². The van der Waals surface area contributed by atoms with E-state index in [-0.39, 0.29) is 0 Å². The zero-order valence-corrected chi connectivity index (χ0v) is 9.16. The first-order valence-electron chi connectivity index (χ1n) is 3.78. The maximum Gasteiger partial charge on any atom is 0.0428 e. The summed E-state index contributed by atoms with van der Waals surface area (Å²) in [7, 11) is 3.99. The fraction of sp³-hybridized carbons (Fsp3) is 0.400. The second-order valence-electron chi connectivity index (χ2n) is 2.76. The van der Waals surface area contributed by atoms with Gasteiger partial charge in [0.2, 0.25) is 0 Å². The molecule has 0 aliphatic rings. The predicted octanol–water partition coefficient (Wildman–Crippen LogP) is 2.88. The molecule has 0 aliphatic heterocycles. The molecule has 0 N–H and O–H groups in total. The Labute approximate surface area is 79.8 Å². The van der Waals surface area contributed by atoms with E-state index in [1.807, 2.05) is 32.0 Å².